The molecule has 0 saturated heterocycles. The van der Waals surface area contributed by atoms with Gasteiger partial charge in [-0.1, -0.05) is 35.3 Å². The largest absolute Gasteiger partial charge is 0.371 e. The summed E-state index contributed by atoms with van der Waals surface area (Å²) in [5.41, 5.74) is 3.26. The van der Waals surface area contributed by atoms with Crippen LogP contribution in [0.4, 0.5) is 5.82 Å². The highest BCUT2D eigenvalue weighted by molar-refractivity contribution is 6.43. The minimum Gasteiger partial charge on any atom is -0.371 e. The summed E-state index contributed by atoms with van der Waals surface area (Å²) >= 11 is 12.3. The Morgan fingerprint density at radius 2 is 1.72 bits per heavy atom. The fourth-order valence-corrected chi connectivity index (χ4v) is 2.04. The van der Waals surface area contributed by atoms with Crippen LogP contribution in [-0.4, -0.2) is 17.0 Å². The maximum atomic E-state index is 6.22. The molecule has 2 rings (SSSR count). The molecule has 1 aromatic carbocycles. The highest BCUT2D eigenvalue weighted by atomic mass is 35.5. The van der Waals surface area contributed by atoms with Gasteiger partial charge in [-0.25, -0.2) is 9.97 Å². The molecule has 0 amide bonds. The van der Waals surface area contributed by atoms with E-state index in [0.717, 1.165) is 17.0 Å². The van der Waals surface area contributed by atoms with Crippen molar-refractivity contribution in [1.29, 1.82) is 0 Å². The van der Waals surface area contributed by atoms with Gasteiger partial charge in [-0.2, -0.15) is 0 Å². The van der Waals surface area contributed by atoms with Gasteiger partial charge in [-0.05, 0) is 19.9 Å². The fraction of sp³-hybridized carbons (Fsp3) is 0.231. The molecule has 1 N–H and O–H groups in total. The van der Waals surface area contributed by atoms with Crippen molar-refractivity contribution >= 4 is 29.0 Å². The van der Waals surface area contributed by atoms with Crippen molar-refractivity contribution in [2.24, 2.45) is 0 Å². The normalized spacial score (nSPS) is 10.5. The Balaban J connectivity index is 2.70. The first-order valence-electron chi connectivity index (χ1n) is 5.52. The van der Waals surface area contributed by atoms with Gasteiger partial charge in [0.05, 0.1) is 21.4 Å². The summed E-state index contributed by atoms with van der Waals surface area (Å²) in [5, 5.41) is 4.04. The van der Waals surface area contributed by atoms with Crippen molar-refractivity contribution in [1.82, 2.24) is 9.97 Å². The number of anilines is 1. The van der Waals surface area contributed by atoms with E-state index in [9.17, 15) is 0 Å². The molecule has 0 radical (unpaired) electrons. The van der Waals surface area contributed by atoms with E-state index in [4.69, 9.17) is 23.2 Å². The van der Waals surface area contributed by atoms with Crippen LogP contribution in [0.1, 0.15) is 11.4 Å². The number of aryl methyl sites for hydroxylation is 2. The average Bonchev–Trinajstić information content (AvgIpc) is 2.36. The van der Waals surface area contributed by atoms with Gasteiger partial charge in [-0.3, -0.25) is 0 Å². The topological polar surface area (TPSA) is 37.8 Å². The maximum absolute atomic E-state index is 6.22. The molecule has 0 atom stereocenters. The first kappa shape index (κ1) is 13.1. The van der Waals surface area contributed by atoms with Gasteiger partial charge in [0.2, 0.25) is 0 Å². The van der Waals surface area contributed by atoms with Crippen LogP contribution in [0.25, 0.3) is 11.3 Å². The van der Waals surface area contributed by atoms with Gasteiger partial charge in [0, 0.05) is 12.6 Å². The lowest BCUT2D eigenvalue weighted by atomic mass is 10.1. The summed E-state index contributed by atoms with van der Waals surface area (Å²) in [7, 11) is 1.81. The molecule has 0 fully saturated rings. The van der Waals surface area contributed by atoms with Crippen molar-refractivity contribution in [3.8, 4) is 11.3 Å². The second-order valence-corrected chi connectivity index (χ2v) is 4.73. The van der Waals surface area contributed by atoms with Gasteiger partial charge in [0.25, 0.3) is 0 Å². The zero-order valence-corrected chi connectivity index (χ0v) is 11.9. The van der Waals surface area contributed by atoms with Crippen LogP contribution in [0.5, 0.6) is 0 Å². The molecule has 0 aliphatic heterocycles. The number of rotatable bonds is 2. The fourth-order valence-electron chi connectivity index (χ4n) is 1.65. The van der Waals surface area contributed by atoms with Crippen LogP contribution in [0.15, 0.2) is 18.2 Å². The van der Waals surface area contributed by atoms with Crippen LogP contribution >= 0.6 is 23.2 Å². The highest BCUT2D eigenvalue weighted by Gasteiger charge is 2.14. The first-order valence-corrected chi connectivity index (χ1v) is 6.27. The molecular weight excluding hydrogens is 269 g/mol. The van der Waals surface area contributed by atoms with E-state index in [0.29, 0.717) is 21.6 Å². The SMILES string of the molecule is CNc1nc(C)c(C)nc1-c1cccc(Cl)c1Cl. The predicted molar refractivity (Wildman–Crippen MR) is 76.5 cm³/mol. The minimum atomic E-state index is 0.494. The number of halogens is 2. The van der Waals surface area contributed by atoms with Crippen LogP contribution in [0.2, 0.25) is 10.0 Å². The Morgan fingerprint density at radius 3 is 2.39 bits per heavy atom. The van der Waals surface area contributed by atoms with Gasteiger partial charge < -0.3 is 5.32 Å². The number of hydrogen-bond acceptors (Lipinski definition) is 3. The second kappa shape index (κ2) is 5.12. The lowest BCUT2D eigenvalue weighted by Gasteiger charge is -2.12. The van der Waals surface area contributed by atoms with E-state index < -0.39 is 0 Å². The molecule has 1 heterocycles. The summed E-state index contributed by atoms with van der Waals surface area (Å²) in [6, 6.07) is 5.48. The Kier molecular flexibility index (Phi) is 3.73. The number of aromatic nitrogens is 2. The van der Waals surface area contributed by atoms with Crippen molar-refractivity contribution < 1.29 is 0 Å². The Bertz CT molecular complexity index is 597. The molecule has 0 saturated carbocycles. The van der Waals surface area contributed by atoms with Crippen LogP contribution in [0.3, 0.4) is 0 Å². The van der Waals surface area contributed by atoms with E-state index >= 15 is 0 Å². The molecule has 18 heavy (non-hydrogen) atoms. The molecule has 0 aliphatic carbocycles. The van der Waals surface area contributed by atoms with E-state index in [1.54, 1.807) is 13.1 Å². The van der Waals surface area contributed by atoms with Crippen molar-refractivity contribution in [3.05, 3.63) is 39.6 Å². The van der Waals surface area contributed by atoms with Crippen molar-refractivity contribution in [3.63, 3.8) is 0 Å². The number of benzene rings is 1. The monoisotopic (exact) mass is 281 g/mol. The van der Waals surface area contributed by atoms with E-state index in [-0.39, 0.29) is 0 Å². The lowest BCUT2D eigenvalue weighted by Crippen LogP contribution is -2.03. The van der Waals surface area contributed by atoms with Gasteiger partial charge in [0.1, 0.15) is 5.69 Å². The summed E-state index contributed by atoms with van der Waals surface area (Å²) in [6.45, 7) is 3.84. The summed E-state index contributed by atoms with van der Waals surface area (Å²) in [6.07, 6.45) is 0. The zero-order valence-electron chi connectivity index (χ0n) is 10.4. The van der Waals surface area contributed by atoms with Gasteiger partial charge in [-0.15, -0.1) is 0 Å². The van der Waals surface area contributed by atoms with Crippen LogP contribution in [-0.2, 0) is 0 Å². The smallest absolute Gasteiger partial charge is 0.152 e. The lowest BCUT2D eigenvalue weighted by molar-refractivity contribution is 1.05. The minimum absolute atomic E-state index is 0.494. The van der Waals surface area contributed by atoms with Gasteiger partial charge >= 0.3 is 0 Å². The maximum Gasteiger partial charge on any atom is 0.152 e. The molecule has 0 spiro atoms. The molecule has 0 aliphatic rings. The average molecular weight is 282 g/mol. The molecule has 3 nitrogen and oxygen atoms in total. The zero-order chi connectivity index (χ0) is 13.3. The summed E-state index contributed by atoms with van der Waals surface area (Å²) < 4.78 is 0. The van der Waals surface area contributed by atoms with E-state index in [1.165, 1.54) is 0 Å². The molecule has 0 bridgehead atoms. The number of nitrogens with one attached hydrogen (secondary N) is 1. The predicted octanol–water partition coefficient (Wildman–Crippen LogP) is 4.11. The number of nitrogens with zero attached hydrogens (tertiary/aromatic N) is 2. The molecule has 94 valence electrons. The van der Waals surface area contributed by atoms with Crippen LogP contribution < -0.4 is 5.32 Å². The molecule has 1 aromatic heterocycles. The molecule has 5 heteroatoms. The molecule has 2 aromatic rings. The second-order valence-electron chi connectivity index (χ2n) is 3.94. The van der Waals surface area contributed by atoms with Gasteiger partial charge in [0.15, 0.2) is 5.82 Å². The summed E-state index contributed by atoms with van der Waals surface area (Å²) in [5.74, 6) is 0.697. The van der Waals surface area contributed by atoms with E-state index in [1.807, 2.05) is 26.0 Å². The third-order valence-corrected chi connectivity index (χ3v) is 3.57. The molecule has 0 unspecified atom stereocenters. The van der Waals surface area contributed by atoms with Crippen molar-refractivity contribution in [2.45, 2.75) is 13.8 Å². The third kappa shape index (κ3) is 2.28. The van der Waals surface area contributed by atoms with Crippen molar-refractivity contribution in [2.75, 3.05) is 12.4 Å². The number of hydrogen-bond donors (Lipinski definition) is 1. The quantitative estimate of drug-likeness (QED) is 0.900. The summed E-state index contributed by atoms with van der Waals surface area (Å²) in [4.78, 5) is 9.01. The Labute approximate surface area is 116 Å². The highest BCUT2D eigenvalue weighted by Crippen LogP contribution is 2.35. The van der Waals surface area contributed by atoms with E-state index in [2.05, 4.69) is 15.3 Å². The van der Waals surface area contributed by atoms with Crippen LogP contribution in [0, 0.1) is 13.8 Å². The Morgan fingerprint density at radius 1 is 1.06 bits per heavy atom. The molecular formula is C13H13Cl2N3. The third-order valence-electron chi connectivity index (χ3n) is 2.75. The Hall–Kier alpha value is -1.32. The standard InChI is InChI=1S/C13H13Cl2N3/c1-7-8(2)18-13(16-3)12(17-7)9-5-4-6-10(14)11(9)15/h4-6H,1-3H3,(H,16,18). The first-order chi connectivity index (χ1) is 8.54.